The lowest BCUT2D eigenvalue weighted by Crippen LogP contribution is -2.05. The van der Waals surface area contributed by atoms with Crippen LogP contribution in [-0.4, -0.2) is 13.2 Å². The van der Waals surface area contributed by atoms with Gasteiger partial charge in [0.15, 0.2) is 0 Å². The Balaban J connectivity index is 2.72. The molecule has 14 heavy (non-hydrogen) atoms. The Kier molecular flexibility index (Phi) is 3.74. The number of rotatable bonds is 4. The maximum atomic E-state index is 11.9. The molecule has 3 heteroatoms. The van der Waals surface area contributed by atoms with Gasteiger partial charge in [0, 0.05) is 6.54 Å². The third-order valence-corrected chi connectivity index (χ3v) is 2.29. The van der Waals surface area contributed by atoms with Crippen molar-refractivity contribution in [3.05, 3.63) is 23.3 Å². The molecule has 0 bridgehead atoms. The van der Waals surface area contributed by atoms with Gasteiger partial charge < -0.3 is 11.1 Å². The molecule has 78 valence electrons. The zero-order valence-electron chi connectivity index (χ0n) is 8.73. The minimum Gasteiger partial charge on any atom is -0.397 e. The number of benzene rings is 1. The Labute approximate surface area is 84.3 Å². The van der Waals surface area contributed by atoms with Gasteiger partial charge in [0.1, 0.15) is 0 Å². The molecule has 0 unspecified atom stereocenters. The summed E-state index contributed by atoms with van der Waals surface area (Å²) >= 11 is 0. The molecule has 0 aliphatic rings. The predicted octanol–water partition coefficient (Wildman–Crippen LogP) is 2.66. The third kappa shape index (κ3) is 2.62. The standard InChI is InChI=1S/C11H17FN2/c1-8-6-10(13)11(7-9(8)2)14-5-3-4-12/h6-7,14H,3-5,13H2,1-2H3. The van der Waals surface area contributed by atoms with Crippen LogP contribution < -0.4 is 11.1 Å². The summed E-state index contributed by atoms with van der Waals surface area (Å²) in [6.07, 6.45) is 0.520. The molecule has 1 rings (SSSR count). The molecule has 0 aliphatic heterocycles. The Hall–Kier alpha value is -1.25. The van der Waals surface area contributed by atoms with Gasteiger partial charge in [-0.3, -0.25) is 4.39 Å². The number of aryl methyl sites for hydroxylation is 2. The molecule has 0 saturated carbocycles. The van der Waals surface area contributed by atoms with Crippen molar-refractivity contribution in [2.75, 3.05) is 24.3 Å². The highest BCUT2D eigenvalue weighted by Gasteiger charge is 2.01. The number of halogens is 1. The molecule has 1 aromatic carbocycles. The second-order valence-electron chi connectivity index (χ2n) is 3.49. The summed E-state index contributed by atoms with van der Waals surface area (Å²) in [5, 5.41) is 3.12. The average Bonchev–Trinajstić information content (AvgIpc) is 2.14. The molecule has 3 N–H and O–H groups in total. The molecule has 0 fully saturated rings. The van der Waals surface area contributed by atoms with Gasteiger partial charge in [-0.2, -0.15) is 0 Å². The molecule has 0 amide bonds. The normalized spacial score (nSPS) is 10.2. The first-order valence-electron chi connectivity index (χ1n) is 4.81. The lowest BCUT2D eigenvalue weighted by atomic mass is 10.1. The summed E-state index contributed by atoms with van der Waals surface area (Å²) in [5.41, 5.74) is 9.82. The van der Waals surface area contributed by atoms with E-state index in [0.717, 1.165) is 11.4 Å². The van der Waals surface area contributed by atoms with Crippen LogP contribution in [0.1, 0.15) is 17.5 Å². The van der Waals surface area contributed by atoms with Crippen LogP contribution in [0, 0.1) is 13.8 Å². The van der Waals surface area contributed by atoms with Crippen molar-refractivity contribution in [1.82, 2.24) is 0 Å². The van der Waals surface area contributed by atoms with Gasteiger partial charge in [0.25, 0.3) is 0 Å². The maximum absolute atomic E-state index is 11.9. The summed E-state index contributed by atoms with van der Waals surface area (Å²) in [5.74, 6) is 0. The molecule has 0 saturated heterocycles. The van der Waals surface area contributed by atoms with Crippen LogP contribution >= 0.6 is 0 Å². The molecule has 0 heterocycles. The Bertz CT molecular complexity index is 310. The summed E-state index contributed by atoms with van der Waals surface area (Å²) in [4.78, 5) is 0. The van der Waals surface area contributed by atoms with Crippen LogP contribution in [0.4, 0.5) is 15.8 Å². The smallest absolute Gasteiger partial charge is 0.0911 e. The fraction of sp³-hybridized carbons (Fsp3) is 0.455. The maximum Gasteiger partial charge on any atom is 0.0911 e. The van der Waals surface area contributed by atoms with Crippen LogP contribution in [0.2, 0.25) is 0 Å². The number of nitrogens with two attached hydrogens (primary N) is 1. The zero-order chi connectivity index (χ0) is 10.6. The molecule has 0 atom stereocenters. The van der Waals surface area contributed by atoms with Gasteiger partial charge in [-0.25, -0.2) is 0 Å². The third-order valence-electron chi connectivity index (χ3n) is 2.29. The van der Waals surface area contributed by atoms with Crippen molar-refractivity contribution < 1.29 is 4.39 Å². The predicted molar refractivity (Wildman–Crippen MR) is 59.4 cm³/mol. The lowest BCUT2D eigenvalue weighted by Gasteiger charge is -2.11. The van der Waals surface area contributed by atoms with Crippen LogP contribution in [0.25, 0.3) is 0 Å². The van der Waals surface area contributed by atoms with Crippen molar-refractivity contribution >= 4 is 11.4 Å². The fourth-order valence-electron chi connectivity index (χ4n) is 1.28. The van der Waals surface area contributed by atoms with E-state index in [1.807, 2.05) is 26.0 Å². The summed E-state index contributed by atoms with van der Waals surface area (Å²) in [6, 6.07) is 3.94. The summed E-state index contributed by atoms with van der Waals surface area (Å²) in [6.45, 7) is 4.40. The molecule has 0 aromatic heterocycles. The van der Waals surface area contributed by atoms with Gasteiger partial charge >= 0.3 is 0 Å². The SMILES string of the molecule is Cc1cc(N)c(NCCCF)cc1C. The first-order chi connectivity index (χ1) is 6.65. The van der Waals surface area contributed by atoms with Crippen molar-refractivity contribution in [2.24, 2.45) is 0 Å². The van der Waals surface area contributed by atoms with Gasteiger partial charge in [-0.05, 0) is 43.5 Å². The van der Waals surface area contributed by atoms with Crippen LogP contribution in [0.15, 0.2) is 12.1 Å². The molecular weight excluding hydrogens is 179 g/mol. The largest absolute Gasteiger partial charge is 0.397 e. The number of hydrogen-bond acceptors (Lipinski definition) is 2. The molecule has 1 aromatic rings. The van der Waals surface area contributed by atoms with Crippen LogP contribution in [-0.2, 0) is 0 Å². The minimum atomic E-state index is -0.294. The van der Waals surface area contributed by atoms with Gasteiger partial charge in [-0.15, -0.1) is 0 Å². The second kappa shape index (κ2) is 4.84. The molecular formula is C11H17FN2. The van der Waals surface area contributed by atoms with E-state index in [-0.39, 0.29) is 6.67 Å². The molecule has 2 nitrogen and oxygen atoms in total. The van der Waals surface area contributed by atoms with Crippen LogP contribution in [0.5, 0.6) is 0 Å². The summed E-state index contributed by atoms with van der Waals surface area (Å²) in [7, 11) is 0. The van der Waals surface area contributed by atoms with E-state index in [0.29, 0.717) is 13.0 Å². The van der Waals surface area contributed by atoms with Gasteiger partial charge in [0.05, 0.1) is 18.0 Å². The molecule has 0 spiro atoms. The number of hydrogen-bond donors (Lipinski definition) is 2. The van der Waals surface area contributed by atoms with Gasteiger partial charge in [-0.1, -0.05) is 0 Å². The Morgan fingerprint density at radius 2 is 1.93 bits per heavy atom. The van der Waals surface area contributed by atoms with E-state index in [4.69, 9.17) is 5.73 Å². The zero-order valence-corrected chi connectivity index (χ0v) is 8.73. The van der Waals surface area contributed by atoms with E-state index in [2.05, 4.69) is 5.32 Å². The monoisotopic (exact) mass is 196 g/mol. The number of nitrogens with one attached hydrogen (secondary N) is 1. The topological polar surface area (TPSA) is 38.0 Å². The average molecular weight is 196 g/mol. The van der Waals surface area contributed by atoms with Crippen LogP contribution in [0.3, 0.4) is 0 Å². The van der Waals surface area contributed by atoms with E-state index in [1.165, 1.54) is 11.1 Å². The quantitative estimate of drug-likeness (QED) is 0.574. The summed E-state index contributed by atoms with van der Waals surface area (Å²) < 4.78 is 11.9. The van der Waals surface area contributed by atoms with E-state index < -0.39 is 0 Å². The lowest BCUT2D eigenvalue weighted by molar-refractivity contribution is 0.481. The van der Waals surface area contributed by atoms with Crippen molar-refractivity contribution in [1.29, 1.82) is 0 Å². The van der Waals surface area contributed by atoms with E-state index >= 15 is 0 Å². The molecule has 0 radical (unpaired) electrons. The number of anilines is 2. The highest BCUT2D eigenvalue weighted by Crippen LogP contribution is 2.22. The Morgan fingerprint density at radius 1 is 1.29 bits per heavy atom. The second-order valence-corrected chi connectivity index (χ2v) is 3.49. The van der Waals surface area contributed by atoms with Gasteiger partial charge in [0.2, 0.25) is 0 Å². The first kappa shape index (κ1) is 10.8. The van der Waals surface area contributed by atoms with Crippen molar-refractivity contribution in [3.8, 4) is 0 Å². The highest BCUT2D eigenvalue weighted by molar-refractivity contribution is 5.68. The molecule has 0 aliphatic carbocycles. The van der Waals surface area contributed by atoms with Crippen molar-refractivity contribution in [3.63, 3.8) is 0 Å². The minimum absolute atomic E-state index is 0.294. The highest BCUT2D eigenvalue weighted by atomic mass is 19.1. The fourth-order valence-corrected chi connectivity index (χ4v) is 1.28. The first-order valence-corrected chi connectivity index (χ1v) is 4.81. The number of nitrogen functional groups attached to an aromatic ring is 1. The number of alkyl halides is 1. The van der Waals surface area contributed by atoms with E-state index in [9.17, 15) is 4.39 Å². The Morgan fingerprint density at radius 3 is 2.57 bits per heavy atom. The van der Waals surface area contributed by atoms with Crippen molar-refractivity contribution in [2.45, 2.75) is 20.3 Å². The van der Waals surface area contributed by atoms with E-state index in [1.54, 1.807) is 0 Å².